The summed E-state index contributed by atoms with van der Waals surface area (Å²) in [5, 5.41) is 0. The van der Waals surface area contributed by atoms with Gasteiger partial charge in [0.15, 0.2) is 0 Å². The largest absolute Gasteiger partial charge is 0.376 e. The number of hydrogen-bond donors (Lipinski definition) is 1. The lowest BCUT2D eigenvalue weighted by Gasteiger charge is -2.38. The number of nitrogens with zero attached hydrogens (tertiary/aromatic N) is 1. The van der Waals surface area contributed by atoms with Crippen LogP contribution in [-0.4, -0.2) is 36.0 Å². The third-order valence-corrected chi connectivity index (χ3v) is 4.05. The first-order chi connectivity index (χ1) is 10.2. The van der Waals surface area contributed by atoms with Crippen molar-refractivity contribution in [3.63, 3.8) is 0 Å². The van der Waals surface area contributed by atoms with Gasteiger partial charge < -0.3 is 15.4 Å². The molecule has 2 N–H and O–H groups in total. The summed E-state index contributed by atoms with van der Waals surface area (Å²) in [5.41, 5.74) is 7.14. The van der Waals surface area contributed by atoms with Gasteiger partial charge in [-0.1, -0.05) is 30.3 Å². The molecule has 1 fully saturated rings. The Morgan fingerprint density at radius 3 is 2.77 bits per heavy atom. The zero-order valence-electron chi connectivity index (χ0n) is 13.2. The van der Waals surface area contributed by atoms with E-state index in [1.54, 1.807) is 0 Å². The molecule has 1 aromatic carbocycles. The van der Waals surface area contributed by atoms with Crippen LogP contribution in [0.15, 0.2) is 30.3 Å². The van der Waals surface area contributed by atoms with Crippen LogP contribution in [-0.2, 0) is 16.1 Å². The predicted molar refractivity (Wildman–Crippen MR) is 91.0 cm³/mol. The smallest absolute Gasteiger partial charge is 0.225 e. The zero-order valence-corrected chi connectivity index (χ0v) is 14.1. The standard InChI is InChI=1S/C17H26N2O2.ClH/c1-14(18)16-9-5-6-11-19(16)17(20)10-12-21-13-15-7-3-2-4-8-15;/h2-4,7-8,14,16H,5-6,9-13,18H2,1H3;1H. The molecular formula is C17H27ClN2O2. The molecule has 2 unspecified atom stereocenters. The lowest BCUT2D eigenvalue weighted by atomic mass is 9.96. The molecule has 4 nitrogen and oxygen atoms in total. The highest BCUT2D eigenvalue weighted by Gasteiger charge is 2.28. The van der Waals surface area contributed by atoms with E-state index in [4.69, 9.17) is 10.5 Å². The number of benzene rings is 1. The third kappa shape index (κ3) is 5.59. The van der Waals surface area contributed by atoms with E-state index in [9.17, 15) is 4.79 Å². The molecule has 1 aliphatic heterocycles. The highest BCUT2D eigenvalue weighted by molar-refractivity contribution is 5.85. The number of ether oxygens (including phenoxy) is 1. The second-order valence-corrected chi connectivity index (χ2v) is 5.80. The monoisotopic (exact) mass is 326 g/mol. The van der Waals surface area contributed by atoms with Gasteiger partial charge in [0.05, 0.1) is 19.6 Å². The quantitative estimate of drug-likeness (QED) is 0.818. The lowest BCUT2D eigenvalue weighted by Crippen LogP contribution is -2.51. The first kappa shape index (κ1) is 18.9. The van der Waals surface area contributed by atoms with Gasteiger partial charge in [-0.2, -0.15) is 0 Å². The molecule has 22 heavy (non-hydrogen) atoms. The van der Waals surface area contributed by atoms with Crippen molar-refractivity contribution in [2.45, 2.75) is 51.3 Å². The van der Waals surface area contributed by atoms with Gasteiger partial charge in [0, 0.05) is 18.6 Å². The summed E-state index contributed by atoms with van der Waals surface area (Å²) < 4.78 is 5.60. The van der Waals surface area contributed by atoms with Crippen molar-refractivity contribution < 1.29 is 9.53 Å². The van der Waals surface area contributed by atoms with Crippen molar-refractivity contribution in [3.8, 4) is 0 Å². The van der Waals surface area contributed by atoms with Crippen LogP contribution in [0.3, 0.4) is 0 Å². The molecule has 124 valence electrons. The average molecular weight is 327 g/mol. The van der Waals surface area contributed by atoms with Crippen LogP contribution < -0.4 is 5.73 Å². The van der Waals surface area contributed by atoms with Crippen molar-refractivity contribution in [3.05, 3.63) is 35.9 Å². The minimum Gasteiger partial charge on any atom is -0.376 e. The number of carbonyl (C=O) groups is 1. The number of hydrogen-bond acceptors (Lipinski definition) is 3. The van der Waals surface area contributed by atoms with Gasteiger partial charge in [-0.15, -0.1) is 12.4 Å². The molecule has 5 heteroatoms. The normalized spacial score (nSPS) is 19.4. The summed E-state index contributed by atoms with van der Waals surface area (Å²) in [5.74, 6) is 0.171. The number of nitrogens with two attached hydrogens (primary N) is 1. The Kier molecular flexibility index (Phi) is 8.46. The Labute approximate surface area is 139 Å². The van der Waals surface area contributed by atoms with Crippen LogP contribution in [0, 0.1) is 0 Å². The molecule has 2 atom stereocenters. The number of likely N-dealkylation sites (tertiary alicyclic amines) is 1. The summed E-state index contributed by atoms with van der Waals surface area (Å²) in [4.78, 5) is 14.3. The van der Waals surface area contributed by atoms with Gasteiger partial charge in [-0.25, -0.2) is 0 Å². The predicted octanol–water partition coefficient (Wildman–Crippen LogP) is 2.74. The first-order valence-corrected chi connectivity index (χ1v) is 7.85. The fraction of sp³-hybridized carbons (Fsp3) is 0.588. The van der Waals surface area contributed by atoms with Gasteiger partial charge in [0.2, 0.25) is 5.91 Å². The number of carbonyl (C=O) groups excluding carboxylic acids is 1. The molecule has 1 heterocycles. The SMILES string of the molecule is CC(N)C1CCCCN1C(=O)CCOCc1ccccc1.Cl. The van der Waals surface area contributed by atoms with Gasteiger partial charge in [0.25, 0.3) is 0 Å². The van der Waals surface area contributed by atoms with Crippen molar-refractivity contribution in [2.75, 3.05) is 13.2 Å². The maximum absolute atomic E-state index is 12.3. The average Bonchev–Trinajstić information content (AvgIpc) is 2.52. The summed E-state index contributed by atoms with van der Waals surface area (Å²) in [6.45, 7) is 3.85. The Morgan fingerprint density at radius 2 is 2.09 bits per heavy atom. The minimum absolute atomic E-state index is 0. The molecule has 2 rings (SSSR count). The third-order valence-electron chi connectivity index (χ3n) is 4.05. The van der Waals surface area contributed by atoms with Crippen LogP contribution in [0.4, 0.5) is 0 Å². The van der Waals surface area contributed by atoms with Gasteiger partial charge in [0.1, 0.15) is 0 Å². The number of halogens is 1. The summed E-state index contributed by atoms with van der Waals surface area (Å²) in [7, 11) is 0. The Balaban J connectivity index is 0.00000242. The molecule has 0 saturated carbocycles. The Hall–Kier alpha value is -1.10. The maximum atomic E-state index is 12.3. The van der Waals surface area contributed by atoms with E-state index in [-0.39, 0.29) is 30.4 Å². The molecule has 0 aromatic heterocycles. The van der Waals surface area contributed by atoms with E-state index in [2.05, 4.69) is 0 Å². The molecule has 1 aliphatic rings. The van der Waals surface area contributed by atoms with Crippen LogP contribution in [0.5, 0.6) is 0 Å². The Bertz CT molecular complexity index is 440. The highest BCUT2D eigenvalue weighted by Crippen LogP contribution is 2.19. The summed E-state index contributed by atoms with van der Waals surface area (Å²) in [6, 6.07) is 10.3. The highest BCUT2D eigenvalue weighted by atomic mass is 35.5. The number of piperidine rings is 1. The van der Waals surface area contributed by atoms with E-state index in [0.29, 0.717) is 19.6 Å². The molecule has 0 spiro atoms. The van der Waals surface area contributed by atoms with Crippen molar-refractivity contribution >= 4 is 18.3 Å². The molecule has 1 amide bonds. The second-order valence-electron chi connectivity index (χ2n) is 5.80. The zero-order chi connectivity index (χ0) is 15.1. The molecular weight excluding hydrogens is 300 g/mol. The fourth-order valence-corrected chi connectivity index (χ4v) is 2.88. The maximum Gasteiger partial charge on any atom is 0.225 e. The summed E-state index contributed by atoms with van der Waals surface area (Å²) >= 11 is 0. The van der Waals surface area contributed by atoms with E-state index in [1.165, 1.54) is 6.42 Å². The van der Waals surface area contributed by atoms with Crippen molar-refractivity contribution in [1.29, 1.82) is 0 Å². The van der Waals surface area contributed by atoms with Gasteiger partial charge in [-0.05, 0) is 31.7 Å². The second kappa shape index (κ2) is 9.82. The van der Waals surface area contributed by atoms with E-state index < -0.39 is 0 Å². The van der Waals surface area contributed by atoms with E-state index in [1.807, 2.05) is 42.2 Å². The van der Waals surface area contributed by atoms with Crippen LogP contribution in [0.2, 0.25) is 0 Å². The van der Waals surface area contributed by atoms with Crippen LogP contribution in [0.25, 0.3) is 0 Å². The Morgan fingerprint density at radius 1 is 1.36 bits per heavy atom. The molecule has 0 radical (unpaired) electrons. The van der Waals surface area contributed by atoms with Gasteiger partial charge in [-0.3, -0.25) is 4.79 Å². The molecule has 1 aromatic rings. The minimum atomic E-state index is 0. The number of rotatable bonds is 6. The molecule has 0 aliphatic carbocycles. The molecule has 0 bridgehead atoms. The summed E-state index contributed by atoms with van der Waals surface area (Å²) in [6.07, 6.45) is 3.71. The van der Waals surface area contributed by atoms with Crippen LogP contribution >= 0.6 is 12.4 Å². The first-order valence-electron chi connectivity index (χ1n) is 7.85. The van der Waals surface area contributed by atoms with E-state index in [0.717, 1.165) is 24.9 Å². The van der Waals surface area contributed by atoms with E-state index >= 15 is 0 Å². The lowest BCUT2D eigenvalue weighted by molar-refractivity contribution is -0.136. The topological polar surface area (TPSA) is 55.6 Å². The van der Waals surface area contributed by atoms with Crippen molar-refractivity contribution in [1.82, 2.24) is 4.90 Å². The van der Waals surface area contributed by atoms with Crippen molar-refractivity contribution in [2.24, 2.45) is 5.73 Å². The van der Waals surface area contributed by atoms with Gasteiger partial charge >= 0.3 is 0 Å². The molecule has 1 saturated heterocycles. The fourth-order valence-electron chi connectivity index (χ4n) is 2.88. The number of amides is 1. The van der Waals surface area contributed by atoms with Crippen LogP contribution in [0.1, 0.15) is 38.2 Å².